The number of rotatable bonds is 2. The Morgan fingerprint density at radius 3 is 2.10 bits per heavy atom. The number of hydrogen-bond donors (Lipinski definition) is 2. The topological polar surface area (TPSA) is 41.1 Å². The van der Waals surface area contributed by atoms with Crippen molar-refractivity contribution in [1.82, 2.24) is 5.32 Å². The zero-order chi connectivity index (χ0) is 21.4. The molecule has 1 aliphatic carbocycles. The number of anilines is 1. The smallest absolute Gasteiger partial charge is 0.335 e. The van der Waals surface area contributed by atoms with E-state index in [2.05, 4.69) is 10.6 Å². The van der Waals surface area contributed by atoms with Crippen LogP contribution in [-0.2, 0) is 6.18 Å². The van der Waals surface area contributed by atoms with Gasteiger partial charge in [-0.1, -0.05) is 25.3 Å². The van der Waals surface area contributed by atoms with Gasteiger partial charge in [0, 0.05) is 11.7 Å². The van der Waals surface area contributed by atoms with Gasteiger partial charge in [-0.25, -0.2) is 13.6 Å². The molecule has 1 saturated carbocycles. The summed E-state index contributed by atoms with van der Waals surface area (Å²) in [5.41, 5.74) is 0.553. The van der Waals surface area contributed by atoms with Crippen LogP contribution in [-0.4, -0.2) is 12.1 Å². The maximum atomic E-state index is 13.1. The van der Waals surface area contributed by atoms with Crippen LogP contribution in [0.3, 0.4) is 0 Å². The number of alkyl halides is 3. The summed E-state index contributed by atoms with van der Waals surface area (Å²) in [5, 5.41) is 5.65. The molecule has 1 fully saturated rings. The molecule has 0 atom stereocenters. The normalized spacial score (nSPS) is 14.6. The lowest BCUT2D eigenvalue weighted by Gasteiger charge is -2.23. The van der Waals surface area contributed by atoms with Crippen LogP contribution in [0.1, 0.15) is 43.2 Å². The SMILES string of the molecule is Cc1ccc(F)cc1NC(=O)NC1CCCCC1.Fc1ccc(C(F)(F)F)cc1. The Labute approximate surface area is 166 Å². The molecule has 0 heterocycles. The first kappa shape index (κ1) is 22.6. The number of carbonyl (C=O) groups is 1. The molecule has 1 aliphatic rings. The molecule has 2 aromatic carbocycles. The van der Waals surface area contributed by atoms with Crippen LogP contribution >= 0.6 is 0 Å². The van der Waals surface area contributed by atoms with E-state index in [0.29, 0.717) is 17.8 Å². The van der Waals surface area contributed by atoms with E-state index in [1.165, 1.54) is 31.4 Å². The van der Waals surface area contributed by atoms with Crippen molar-refractivity contribution in [3.8, 4) is 0 Å². The van der Waals surface area contributed by atoms with Crippen molar-refractivity contribution in [3.63, 3.8) is 0 Å². The highest BCUT2D eigenvalue weighted by atomic mass is 19.4. The molecular weight excluding hydrogens is 391 g/mol. The van der Waals surface area contributed by atoms with Crippen LogP contribution in [0.25, 0.3) is 0 Å². The predicted octanol–water partition coefficient (Wildman–Crippen LogP) is 6.43. The third-order valence-corrected chi connectivity index (χ3v) is 4.56. The van der Waals surface area contributed by atoms with Gasteiger partial charge >= 0.3 is 12.2 Å². The fourth-order valence-electron chi connectivity index (χ4n) is 2.96. The highest BCUT2D eigenvalue weighted by molar-refractivity contribution is 5.90. The minimum Gasteiger partial charge on any atom is -0.335 e. The molecule has 0 saturated heterocycles. The second-order valence-corrected chi connectivity index (χ2v) is 6.90. The molecule has 29 heavy (non-hydrogen) atoms. The second kappa shape index (κ2) is 10.2. The van der Waals surface area contributed by atoms with Crippen molar-refractivity contribution in [2.75, 3.05) is 5.32 Å². The van der Waals surface area contributed by atoms with E-state index in [1.54, 1.807) is 6.07 Å². The van der Waals surface area contributed by atoms with Crippen LogP contribution in [0.15, 0.2) is 42.5 Å². The molecular formula is C21H23F5N2O. The van der Waals surface area contributed by atoms with Gasteiger partial charge in [-0.05, 0) is 61.7 Å². The maximum absolute atomic E-state index is 13.1. The van der Waals surface area contributed by atoms with E-state index in [-0.39, 0.29) is 17.9 Å². The number of benzene rings is 2. The molecule has 158 valence electrons. The standard InChI is InChI=1S/C14H19FN2O.C7H4F4/c1-10-7-8-11(15)9-13(10)17-14(18)16-12-5-3-2-4-6-12;8-6-3-1-5(2-4-6)7(9,10)11/h7-9,12H,2-6H2,1H3,(H2,16,17,18);1-4H. The minimum absolute atomic E-state index is 0.240. The summed E-state index contributed by atoms with van der Waals surface area (Å²) in [5.74, 6) is -1.01. The number of aryl methyl sites for hydroxylation is 1. The van der Waals surface area contributed by atoms with Crippen LogP contribution in [0.4, 0.5) is 32.4 Å². The fourth-order valence-corrected chi connectivity index (χ4v) is 2.96. The number of urea groups is 1. The molecule has 0 unspecified atom stereocenters. The zero-order valence-electron chi connectivity index (χ0n) is 16.0. The summed E-state index contributed by atoms with van der Waals surface area (Å²) in [7, 11) is 0. The lowest BCUT2D eigenvalue weighted by atomic mass is 9.96. The molecule has 2 amide bonds. The molecule has 0 aromatic heterocycles. The van der Waals surface area contributed by atoms with E-state index in [4.69, 9.17) is 0 Å². The monoisotopic (exact) mass is 414 g/mol. The van der Waals surface area contributed by atoms with Gasteiger partial charge in [0.25, 0.3) is 0 Å². The van der Waals surface area contributed by atoms with Gasteiger partial charge in [-0.2, -0.15) is 13.2 Å². The summed E-state index contributed by atoms with van der Waals surface area (Å²) in [6.07, 6.45) is 1.29. The molecule has 0 aliphatic heterocycles. The molecule has 0 bridgehead atoms. The lowest BCUT2D eigenvalue weighted by molar-refractivity contribution is -0.137. The van der Waals surface area contributed by atoms with Crippen LogP contribution in [0.2, 0.25) is 0 Å². The van der Waals surface area contributed by atoms with Gasteiger partial charge < -0.3 is 10.6 Å². The maximum Gasteiger partial charge on any atom is 0.416 e. The molecule has 2 N–H and O–H groups in total. The van der Waals surface area contributed by atoms with Crippen molar-refractivity contribution in [3.05, 3.63) is 65.2 Å². The molecule has 0 spiro atoms. The average Bonchev–Trinajstić information content (AvgIpc) is 2.66. The summed E-state index contributed by atoms with van der Waals surface area (Å²) in [6.45, 7) is 1.84. The first-order chi connectivity index (χ1) is 13.6. The summed E-state index contributed by atoms with van der Waals surface area (Å²) >= 11 is 0. The van der Waals surface area contributed by atoms with Crippen molar-refractivity contribution in [2.24, 2.45) is 0 Å². The summed E-state index contributed by atoms with van der Waals surface area (Å²) in [6, 6.07) is 7.38. The van der Waals surface area contributed by atoms with Crippen molar-refractivity contribution in [2.45, 2.75) is 51.2 Å². The molecule has 0 radical (unpaired) electrons. The predicted molar refractivity (Wildman–Crippen MR) is 102 cm³/mol. The number of nitrogens with one attached hydrogen (secondary N) is 2. The van der Waals surface area contributed by atoms with Gasteiger partial charge in [-0.15, -0.1) is 0 Å². The molecule has 2 aromatic rings. The molecule has 3 rings (SSSR count). The average molecular weight is 414 g/mol. The third kappa shape index (κ3) is 7.71. The van der Waals surface area contributed by atoms with Crippen molar-refractivity contribution < 1.29 is 26.7 Å². The summed E-state index contributed by atoms with van der Waals surface area (Å²) < 4.78 is 60.6. The Balaban J connectivity index is 0.000000234. The highest BCUT2D eigenvalue weighted by Gasteiger charge is 2.29. The fraction of sp³-hybridized carbons (Fsp3) is 0.381. The number of amides is 2. The Kier molecular flexibility index (Phi) is 7.99. The van der Waals surface area contributed by atoms with E-state index in [1.807, 2.05) is 6.92 Å². The Bertz CT molecular complexity index is 800. The van der Waals surface area contributed by atoms with E-state index >= 15 is 0 Å². The summed E-state index contributed by atoms with van der Waals surface area (Å²) in [4.78, 5) is 11.8. The van der Waals surface area contributed by atoms with E-state index in [9.17, 15) is 26.7 Å². The zero-order valence-corrected chi connectivity index (χ0v) is 16.0. The van der Waals surface area contributed by atoms with Gasteiger partial charge in [0.2, 0.25) is 0 Å². The second-order valence-electron chi connectivity index (χ2n) is 6.90. The van der Waals surface area contributed by atoms with Crippen molar-refractivity contribution >= 4 is 11.7 Å². The van der Waals surface area contributed by atoms with E-state index in [0.717, 1.165) is 30.5 Å². The van der Waals surface area contributed by atoms with Crippen LogP contribution < -0.4 is 10.6 Å². The number of halogens is 5. The largest absolute Gasteiger partial charge is 0.416 e. The lowest BCUT2D eigenvalue weighted by Crippen LogP contribution is -2.39. The van der Waals surface area contributed by atoms with Gasteiger partial charge in [0.15, 0.2) is 0 Å². The minimum atomic E-state index is -4.38. The Hall–Kier alpha value is -2.64. The first-order valence-corrected chi connectivity index (χ1v) is 9.31. The molecule has 8 heteroatoms. The highest BCUT2D eigenvalue weighted by Crippen LogP contribution is 2.28. The third-order valence-electron chi connectivity index (χ3n) is 4.56. The number of hydrogen-bond acceptors (Lipinski definition) is 1. The van der Waals surface area contributed by atoms with E-state index < -0.39 is 17.6 Å². The molecule has 3 nitrogen and oxygen atoms in total. The van der Waals surface area contributed by atoms with Crippen molar-refractivity contribution in [1.29, 1.82) is 0 Å². The number of carbonyl (C=O) groups excluding carboxylic acids is 1. The Morgan fingerprint density at radius 2 is 1.52 bits per heavy atom. The van der Waals surface area contributed by atoms with Gasteiger partial charge in [-0.3, -0.25) is 0 Å². The quantitative estimate of drug-likeness (QED) is 0.546. The van der Waals surface area contributed by atoms with Gasteiger partial charge in [0.05, 0.1) is 5.56 Å². The van der Waals surface area contributed by atoms with Crippen LogP contribution in [0.5, 0.6) is 0 Å². The van der Waals surface area contributed by atoms with Crippen LogP contribution in [0, 0.1) is 18.6 Å². The first-order valence-electron chi connectivity index (χ1n) is 9.31. The van der Waals surface area contributed by atoms with Gasteiger partial charge in [0.1, 0.15) is 11.6 Å². The Morgan fingerprint density at radius 1 is 0.931 bits per heavy atom.